The van der Waals surface area contributed by atoms with Crippen LogP contribution < -0.4 is 5.32 Å². The number of amides is 1. The summed E-state index contributed by atoms with van der Waals surface area (Å²) >= 11 is 0. The highest BCUT2D eigenvalue weighted by atomic mass is 16.7. The highest BCUT2D eigenvalue weighted by Crippen LogP contribution is 2.23. The fourth-order valence-electron chi connectivity index (χ4n) is 11.2. The number of nitrogens with one attached hydrogen (secondary N) is 1. The van der Waals surface area contributed by atoms with E-state index in [-0.39, 0.29) is 12.5 Å². The third-order valence-corrected chi connectivity index (χ3v) is 16.5. The molecule has 9 nitrogen and oxygen atoms in total. The molecule has 6 N–H and O–H groups in total. The molecule has 0 radical (unpaired) electrons. The van der Waals surface area contributed by atoms with Crippen LogP contribution in [-0.4, -0.2) is 87.5 Å². The Morgan fingerprint density at radius 2 is 0.740 bits per heavy atom. The van der Waals surface area contributed by atoms with Crippen molar-refractivity contribution in [1.29, 1.82) is 0 Å². The summed E-state index contributed by atoms with van der Waals surface area (Å²) in [6, 6.07) is -0.820. The first-order chi connectivity index (χ1) is 37.8. The van der Waals surface area contributed by atoms with Crippen molar-refractivity contribution in [2.75, 3.05) is 13.2 Å². The second-order valence-electron chi connectivity index (χ2n) is 24.0. The Morgan fingerprint density at radius 3 is 1.09 bits per heavy atom. The standard InChI is InChI=1S/C68H131NO8/c1-3-5-7-9-11-13-15-17-19-21-23-25-27-29-31-33-35-37-39-41-43-45-47-49-51-53-55-57-62(71)61(60-76-68-67(75)66(74)65(73)63(59-70)77-68)69-64(72)58-56-54-52-50-48-46-44-42-40-38-36-34-32-30-28-26-24-22-20-18-16-14-12-10-8-6-4-2/h47,49,55,57,61-63,65-68,70-71,73-75H,3-46,48,50-54,56,58-60H2,1-2H3,(H,69,72)/b49-47+,57-55+. The second-order valence-corrected chi connectivity index (χ2v) is 24.0. The van der Waals surface area contributed by atoms with Crippen LogP contribution in [0.5, 0.6) is 0 Å². The number of hydrogen-bond donors (Lipinski definition) is 6. The van der Waals surface area contributed by atoms with Gasteiger partial charge in [-0.2, -0.15) is 0 Å². The van der Waals surface area contributed by atoms with Crippen molar-refractivity contribution in [3.8, 4) is 0 Å². The zero-order chi connectivity index (χ0) is 55.8. The maximum absolute atomic E-state index is 13.1. The fraction of sp³-hybridized carbons (Fsp3) is 0.926. The molecule has 0 aromatic carbocycles. The van der Waals surface area contributed by atoms with E-state index in [1.165, 1.54) is 289 Å². The lowest BCUT2D eigenvalue weighted by molar-refractivity contribution is -0.302. The van der Waals surface area contributed by atoms with Gasteiger partial charge in [-0.25, -0.2) is 0 Å². The minimum atomic E-state index is -1.57. The van der Waals surface area contributed by atoms with Gasteiger partial charge >= 0.3 is 0 Å². The molecule has 1 aliphatic rings. The number of allylic oxidation sites excluding steroid dienone is 3. The summed E-state index contributed by atoms with van der Waals surface area (Å²) in [5, 5.41) is 54.7. The minimum Gasteiger partial charge on any atom is -0.394 e. The van der Waals surface area contributed by atoms with Crippen molar-refractivity contribution in [1.82, 2.24) is 5.32 Å². The summed E-state index contributed by atoms with van der Waals surface area (Å²) in [5.74, 6) is -0.178. The Labute approximate surface area is 477 Å². The number of hydrogen-bond acceptors (Lipinski definition) is 8. The quantitative estimate of drug-likeness (QED) is 0.0261. The van der Waals surface area contributed by atoms with E-state index >= 15 is 0 Å². The summed E-state index contributed by atoms with van der Waals surface area (Å²) in [7, 11) is 0. The van der Waals surface area contributed by atoms with Crippen LogP contribution >= 0.6 is 0 Å². The van der Waals surface area contributed by atoms with Crippen LogP contribution in [0.3, 0.4) is 0 Å². The lowest BCUT2D eigenvalue weighted by Gasteiger charge is -2.40. The van der Waals surface area contributed by atoms with Crippen LogP contribution in [-0.2, 0) is 14.3 Å². The highest BCUT2D eigenvalue weighted by Gasteiger charge is 2.44. The molecule has 1 amide bonds. The summed E-state index contributed by atoms with van der Waals surface area (Å²) in [4.78, 5) is 13.1. The van der Waals surface area contributed by atoms with Crippen LogP contribution in [0.4, 0.5) is 0 Å². The Balaban J connectivity index is 2.16. The van der Waals surface area contributed by atoms with Crippen molar-refractivity contribution in [3.63, 3.8) is 0 Å². The van der Waals surface area contributed by atoms with E-state index < -0.39 is 49.5 Å². The van der Waals surface area contributed by atoms with E-state index in [2.05, 4.69) is 31.3 Å². The predicted molar refractivity (Wildman–Crippen MR) is 327 cm³/mol. The van der Waals surface area contributed by atoms with Crippen LogP contribution in [0.15, 0.2) is 24.3 Å². The number of unbranched alkanes of at least 4 members (excludes halogenated alkanes) is 48. The third-order valence-electron chi connectivity index (χ3n) is 16.5. The van der Waals surface area contributed by atoms with E-state index in [0.717, 1.165) is 38.5 Å². The SMILES string of the molecule is CCCCCCCCCCCCCCCCCCCCCCC/C=C/CC/C=C/C(O)C(COC1OC(CO)C(O)C(O)C1O)NC(=O)CCCCCCCCCCCCCCCCCCCCCCCCCCCCC. The lowest BCUT2D eigenvalue weighted by atomic mass is 9.99. The first-order valence-electron chi connectivity index (χ1n) is 34.1. The van der Waals surface area contributed by atoms with E-state index in [1.807, 2.05) is 6.08 Å². The van der Waals surface area contributed by atoms with Gasteiger partial charge in [-0.3, -0.25) is 4.79 Å². The number of rotatable bonds is 60. The van der Waals surface area contributed by atoms with Gasteiger partial charge in [0.25, 0.3) is 0 Å². The monoisotopic (exact) mass is 1090 g/mol. The highest BCUT2D eigenvalue weighted by molar-refractivity contribution is 5.76. The molecular formula is C68H131NO8. The smallest absolute Gasteiger partial charge is 0.220 e. The number of carbonyl (C=O) groups excluding carboxylic acids is 1. The van der Waals surface area contributed by atoms with Crippen molar-refractivity contribution < 1.29 is 39.8 Å². The summed E-state index contributed by atoms with van der Waals surface area (Å²) in [6.07, 6.45) is 68.6. The van der Waals surface area contributed by atoms with Gasteiger partial charge in [-0.15, -0.1) is 0 Å². The summed E-state index contributed by atoms with van der Waals surface area (Å²) < 4.78 is 11.3. The van der Waals surface area contributed by atoms with Crippen molar-refractivity contribution >= 4 is 5.91 Å². The van der Waals surface area contributed by atoms with Crippen LogP contribution in [0, 0.1) is 0 Å². The Hall–Kier alpha value is -1.33. The van der Waals surface area contributed by atoms with Gasteiger partial charge < -0.3 is 40.3 Å². The molecule has 9 heteroatoms. The normalized spacial score (nSPS) is 18.8. The molecule has 7 atom stereocenters. The molecule has 1 heterocycles. The molecule has 0 saturated carbocycles. The molecule has 0 spiro atoms. The molecule has 1 saturated heterocycles. The lowest BCUT2D eigenvalue weighted by Crippen LogP contribution is -2.60. The molecule has 0 aliphatic carbocycles. The Bertz CT molecular complexity index is 1260. The molecule has 0 aromatic rings. The van der Waals surface area contributed by atoms with Gasteiger partial charge in [0, 0.05) is 6.42 Å². The van der Waals surface area contributed by atoms with Crippen LogP contribution in [0.1, 0.15) is 348 Å². The number of aliphatic hydroxyl groups is 5. The van der Waals surface area contributed by atoms with Gasteiger partial charge in [0.2, 0.25) is 5.91 Å². The molecule has 7 unspecified atom stereocenters. The zero-order valence-electron chi connectivity index (χ0n) is 51.0. The van der Waals surface area contributed by atoms with E-state index in [9.17, 15) is 30.3 Å². The molecule has 1 aliphatic heterocycles. The van der Waals surface area contributed by atoms with Gasteiger partial charge in [0.05, 0.1) is 25.4 Å². The fourth-order valence-corrected chi connectivity index (χ4v) is 11.2. The maximum Gasteiger partial charge on any atom is 0.220 e. The molecule has 1 fully saturated rings. The Kier molecular flexibility index (Phi) is 55.4. The average Bonchev–Trinajstić information content (AvgIpc) is 3.43. The topological polar surface area (TPSA) is 149 Å². The summed E-state index contributed by atoms with van der Waals surface area (Å²) in [5.41, 5.74) is 0. The molecule has 0 aromatic heterocycles. The van der Waals surface area contributed by atoms with Gasteiger partial charge in [0.1, 0.15) is 24.4 Å². The average molecular weight is 1090 g/mol. The molecule has 456 valence electrons. The van der Waals surface area contributed by atoms with Gasteiger partial charge in [-0.05, 0) is 32.1 Å². The summed E-state index contributed by atoms with van der Waals surface area (Å²) in [6.45, 7) is 3.82. The third kappa shape index (κ3) is 46.9. The molecule has 1 rings (SSSR count). The number of ether oxygens (including phenoxy) is 2. The molecule has 0 bridgehead atoms. The van der Waals surface area contributed by atoms with Crippen molar-refractivity contribution in [2.45, 2.75) is 391 Å². The van der Waals surface area contributed by atoms with Crippen LogP contribution in [0.2, 0.25) is 0 Å². The largest absolute Gasteiger partial charge is 0.394 e. The first kappa shape index (κ1) is 73.7. The minimum absolute atomic E-state index is 0.178. The number of carbonyl (C=O) groups is 1. The van der Waals surface area contributed by atoms with Crippen molar-refractivity contribution in [2.24, 2.45) is 0 Å². The first-order valence-corrected chi connectivity index (χ1v) is 34.1. The van der Waals surface area contributed by atoms with E-state index in [4.69, 9.17) is 9.47 Å². The zero-order valence-corrected chi connectivity index (χ0v) is 51.0. The van der Waals surface area contributed by atoms with Gasteiger partial charge in [0.15, 0.2) is 6.29 Å². The van der Waals surface area contributed by atoms with E-state index in [1.54, 1.807) is 6.08 Å². The number of aliphatic hydroxyl groups excluding tert-OH is 5. The molecular weight excluding hydrogens is 959 g/mol. The second kappa shape index (κ2) is 57.9. The maximum atomic E-state index is 13.1. The van der Waals surface area contributed by atoms with E-state index in [0.29, 0.717) is 6.42 Å². The van der Waals surface area contributed by atoms with Crippen molar-refractivity contribution in [3.05, 3.63) is 24.3 Å². The predicted octanol–water partition coefficient (Wildman–Crippen LogP) is 18.1. The van der Waals surface area contributed by atoms with Crippen LogP contribution in [0.25, 0.3) is 0 Å². The molecule has 77 heavy (non-hydrogen) atoms. The Morgan fingerprint density at radius 1 is 0.429 bits per heavy atom. The van der Waals surface area contributed by atoms with Gasteiger partial charge in [-0.1, -0.05) is 334 Å².